The van der Waals surface area contributed by atoms with Gasteiger partial charge < -0.3 is 15.8 Å². The van der Waals surface area contributed by atoms with Gasteiger partial charge in [-0.1, -0.05) is 22.9 Å². The molecule has 1 aromatic rings. The highest BCUT2D eigenvalue weighted by Crippen LogP contribution is 2.30. The second-order valence-electron chi connectivity index (χ2n) is 4.72. The monoisotopic (exact) mass is 298 g/mol. The highest BCUT2D eigenvalue weighted by Gasteiger charge is 2.37. The van der Waals surface area contributed by atoms with Crippen molar-refractivity contribution < 1.29 is 4.74 Å². The van der Waals surface area contributed by atoms with Crippen LogP contribution in [0.1, 0.15) is 13.3 Å². The molecule has 4 heteroatoms. The van der Waals surface area contributed by atoms with Crippen LogP contribution in [0.15, 0.2) is 28.7 Å². The Kier molecular flexibility index (Phi) is 4.07. The third kappa shape index (κ3) is 2.81. The number of hydrogen-bond donors (Lipinski definition) is 2. The maximum Gasteiger partial charge on any atom is 0.0564 e. The summed E-state index contributed by atoms with van der Waals surface area (Å²) in [5.74, 6) is 0.421. The molecule has 0 radical (unpaired) electrons. The molecule has 1 aromatic carbocycles. The predicted octanol–water partition coefficient (Wildman–Crippen LogP) is 2.61. The Morgan fingerprint density at radius 3 is 2.76 bits per heavy atom. The van der Waals surface area contributed by atoms with Crippen molar-refractivity contribution in [2.24, 2.45) is 11.7 Å². The summed E-state index contributed by atoms with van der Waals surface area (Å²) in [6.45, 7) is 4.39. The summed E-state index contributed by atoms with van der Waals surface area (Å²) in [4.78, 5) is 0. The standard InChI is InChI=1S/C13H19BrN2O/c1-10-8-17-7-6-13(10,9-15)16-12-4-2-11(14)3-5-12/h2-5,10,16H,6-9,15H2,1H3. The number of rotatable bonds is 3. The van der Waals surface area contributed by atoms with Crippen molar-refractivity contribution in [3.63, 3.8) is 0 Å². The van der Waals surface area contributed by atoms with E-state index in [1.54, 1.807) is 0 Å². The Hall–Kier alpha value is -0.580. The Labute approximate surface area is 111 Å². The van der Waals surface area contributed by atoms with Crippen LogP contribution in [0.3, 0.4) is 0 Å². The molecule has 2 atom stereocenters. The zero-order chi connectivity index (χ0) is 12.3. The minimum atomic E-state index is -0.0356. The van der Waals surface area contributed by atoms with Crippen LogP contribution in [-0.4, -0.2) is 25.3 Å². The Morgan fingerprint density at radius 2 is 2.18 bits per heavy atom. The largest absolute Gasteiger partial charge is 0.381 e. The van der Waals surface area contributed by atoms with Crippen LogP contribution >= 0.6 is 15.9 Å². The summed E-state index contributed by atoms with van der Waals surface area (Å²) in [6, 6.07) is 8.22. The molecule has 1 saturated heterocycles. The molecule has 17 heavy (non-hydrogen) atoms. The van der Waals surface area contributed by atoms with Gasteiger partial charge in [-0.3, -0.25) is 0 Å². The van der Waals surface area contributed by atoms with Crippen molar-refractivity contribution in [1.29, 1.82) is 0 Å². The van der Waals surface area contributed by atoms with Gasteiger partial charge in [0.15, 0.2) is 0 Å². The van der Waals surface area contributed by atoms with Crippen LogP contribution in [0.25, 0.3) is 0 Å². The van der Waals surface area contributed by atoms with Gasteiger partial charge in [0.25, 0.3) is 0 Å². The molecule has 0 aliphatic carbocycles. The summed E-state index contributed by atoms with van der Waals surface area (Å²) >= 11 is 3.44. The molecule has 94 valence electrons. The summed E-state index contributed by atoms with van der Waals surface area (Å²) < 4.78 is 6.58. The number of nitrogens with one attached hydrogen (secondary N) is 1. The van der Waals surface area contributed by atoms with Gasteiger partial charge in [-0.2, -0.15) is 0 Å². The topological polar surface area (TPSA) is 47.3 Å². The lowest BCUT2D eigenvalue weighted by atomic mass is 9.81. The fourth-order valence-electron chi connectivity index (χ4n) is 2.28. The average molecular weight is 299 g/mol. The molecule has 0 aromatic heterocycles. The van der Waals surface area contributed by atoms with Gasteiger partial charge in [-0.05, 0) is 30.7 Å². The number of halogens is 1. The minimum absolute atomic E-state index is 0.0356. The molecule has 1 heterocycles. The van der Waals surface area contributed by atoms with Crippen molar-refractivity contribution in [3.8, 4) is 0 Å². The normalized spacial score (nSPS) is 29.0. The molecule has 1 fully saturated rings. The van der Waals surface area contributed by atoms with Gasteiger partial charge in [-0.25, -0.2) is 0 Å². The van der Waals surface area contributed by atoms with E-state index < -0.39 is 0 Å². The fourth-order valence-corrected chi connectivity index (χ4v) is 2.55. The zero-order valence-corrected chi connectivity index (χ0v) is 11.7. The smallest absolute Gasteiger partial charge is 0.0564 e. The molecule has 2 rings (SSSR count). The van der Waals surface area contributed by atoms with Crippen molar-refractivity contribution in [2.75, 3.05) is 25.1 Å². The molecular formula is C13H19BrN2O. The lowest BCUT2D eigenvalue weighted by molar-refractivity contribution is 0.0205. The second kappa shape index (κ2) is 5.38. The molecule has 1 aliphatic heterocycles. The van der Waals surface area contributed by atoms with Crippen molar-refractivity contribution >= 4 is 21.6 Å². The van der Waals surface area contributed by atoms with Crippen LogP contribution in [0.5, 0.6) is 0 Å². The van der Waals surface area contributed by atoms with E-state index in [2.05, 4.69) is 40.3 Å². The van der Waals surface area contributed by atoms with E-state index in [0.717, 1.165) is 29.8 Å². The van der Waals surface area contributed by atoms with E-state index >= 15 is 0 Å². The van der Waals surface area contributed by atoms with Crippen molar-refractivity contribution in [2.45, 2.75) is 18.9 Å². The van der Waals surface area contributed by atoms with Crippen LogP contribution < -0.4 is 11.1 Å². The van der Waals surface area contributed by atoms with E-state index in [1.807, 2.05) is 12.1 Å². The van der Waals surface area contributed by atoms with Crippen LogP contribution in [0, 0.1) is 5.92 Å². The van der Waals surface area contributed by atoms with Crippen LogP contribution in [-0.2, 0) is 4.74 Å². The first-order valence-electron chi connectivity index (χ1n) is 5.98. The minimum Gasteiger partial charge on any atom is -0.381 e. The first kappa shape index (κ1) is 12.9. The molecule has 0 bridgehead atoms. The number of anilines is 1. The van der Waals surface area contributed by atoms with E-state index in [0.29, 0.717) is 12.5 Å². The lowest BCUT2D eigenvalue weighted by Gasteiger charge is -2.43. The van der Waals surface area contributed by atoms with E-state index in [1.165, 1.54) is 0 Å². The van der Waals surface area contributed by atoms with Crippen molar-refractivity contribution in [1.82, 2.24) is 0 Å². The van der Waals surface area contributed by atoms with Gasteiger partial charge in [0.05, 0.1) is 12.1 Å². The Bertz CT molecular complexity index is 368. The first-order chi connectivity index (χ1) is 8.16. The molecule has 3 N–H and O–H groups in total. The van der Waals surface area contributed by atoms with E-state index in [4.69, 9.17) is 10.5 Å². The number of ether oxygens (including phenoxy) is 1. The number of hydrogen-bond acceptors (Lipinski definition) is 3. The maximum atomic E-state index is 5.98. The predicted molar refractivity (Wildman–Crippen MR) is 74.2 cm³/mol. The maximum absolute atomic E-state index is 5.98. The highest BCUT2D eigenvalue weighted by atomic mass is 79.9. The highest BCUT2D eigenvalue weighted by molar-refractivity contribution is 9.10. The zero-order valence-electron chi connectivity index (χ0n) is 10.1. The summed E-state index contributed by atoms with van der Waals surface area (Å²) in [5, 5.41) is 3.60. The SMILES string of the molecule is CC1COCCC1(CN)Nc1ccc(Br)cc1. The van der Waals surface area contributed by atoms with Gasteiger partial charge in [-0.15, -0.1) is 0 Å². The van der Waals surface area contributed by atoms with E-state index in [9.17, 15) is 0 Å². The van der Waals surface area contributed by atoms with Crippen LogP contribution in [0.2, 0.25) is 0 Å². The van der Waals surface area contributed by atoms with Gasteiger partial charge in [0.2, 0.25) is 0 Å². The molecule has 3 nitrogen and oxygen atoms in total. The summed E-state index contributed by atoms with van der Waals surface area (Å²) in [7, 11) is 0. The molecule has 0 saturated carbocycles. The number of nitrogens with two attached hydrogens (primary N) is 1. The lowest BCUT2D eigenvalue weighted by Crippen LogP contribution is -2.55. The summed E-state index contributed by atoms with van der Waals surface area (Å²) in [6.07, 6.45) is 0.959. The summed E-state index contributed by atoms with van der Waals surface area (Å²) in [5.41, 5.74) is 7.06. The average Bonchev–Trinajstić information content (AvgIpc) is 2.35. The molecule has 0 spiro atoms. The van der Waals surface area contributed by atoms with Gasteiger partial charge in [0, 0.05) is 29.2 Å². The van der Waals surface area contributed by atoms with Gasteiger partial charge in [0.1, 0.15) is 0 Å². The van der Waals surface area contributed by atoms with Crippen molar-refractivity contribution in [3.05, 3.63) is 28.7 Å². The third-order valence-corrected chi connectivity index (χ3v) is 4.13. The molecule has 0 amide bonds. The van der Waals surface area contributed by atoms with E-state index in [-0.39, 0.29) is 5.54 Å². The molecule has 1 aliphatic rings. The molecular weight excluding hydrogens is 280 g/mol. The first-order valence-corrected chi connectivity index (χ1v) is 6.77. The van der Waals surface area contributed by atoms with Crippen LogP contribution in [0.4, 0.5) is 5.69 Å². The quantitative estimate of drug-likeness (QED) is 0.902. The molecule has 2 unspecified atom stereocenters. The second-order valence-corrected chi connectivity index (χ2v) is 5.63. The third-order valence-electron chi connectivity index (χ3n) is 3.61. The number of benzene rings is 1. The Morgan fingerprint density at radius 1 is 1.47 bits per heavy atom. The fraction of sp³-hybridized carbons (Fsp3) is 0.538. The van der Waals surface area contributed by atoms with Gasteiger partial charge >= 0.3 is 0 Å². The Balaban J connectivity index is 2.15.